The standard InChI is InChI=1S/C11H17N5O5/c1-5-3-16(11(19)14-9(5)18)8-2-6(7(4-17)21-8)13-10(12)15-20/h3,6-8,17,20H,2,4H2,1H3,(H3,12,13,15)(H,14,18,19)/t6-,7+,8+/m0/s1. The van der Waals surface area contributed by atoms with Gasteiger partial charge in [-0.25, -0.2) is 15.3 Å². The second-order valence-corrected chi connectivity index (χ2v) is 4.72. The Kier molecular flexibility index (Phi) is 4.40. The van der Waals surface area contributed by atoms with Gasteiger partial charge in [0.25, 0.3) is 5.56 Å². The van der Waals surface area contributed by atoms with E-state index in [2.05, 4.69) is 9.98 Å². The van der Waals surface area contributed by atoms with E-state index in [4.69, 9.17) is 15.7 Å². The molecule has 1 aromatic rings. The number of rotatable bonds is 3. The number of aromatic nitrogens is 2. The van der Waals surface area contributed by atoms with E-state index < -0.39 is 29.6 Å². The smallest absolute Gasteiger partial charge is 0.330 e. The van der Waals surface area contributed by atoms with Gasteiger partial charge in [-0.1, -0.05) is 0 Å². The number of aryl methyl sites for hydroxylation is 1. The van der Waals surface area contributed by atoms with Crippen LogP contribution in [0.1, 0.15) is 18.2 Å². The number of nitrogens with one attached hydrogen (secondary N) is 2. The van der Waals surface area contributed by atoms with Crippen LogP contribution < -0.4 is 22.5 Å². The number of aliphatic hydroxyl groups is 1. The van der Waals surface area contributed by atoms with Crippen molar-refractivity contribution in [2.45, 2.75) is 31.7 Å². The first-order chi connectivity index (χ1) is 9.96. The van der Waals surface area contributed by atoms with Crippen molar-refractivity contribution in [1.82, 2.24) is 15.0 Å². The van der Waals surface area contributed by atoms with Gasteiger partial charge in [-0.3, -0.25) is 19.6 Å². The highest BCUT2D eigenvalue weighted by atomic mass is 16.5. The molecule has 1 aromatic heterocycles. The summed E-state index contributed by atoms with van der Waals surface area (Å²) in [5.74, 6) is -0.215. The maximum absolute atomic E-state index is 11.8. The summed E-state index contributed by atoms with van der Waals surface area (Å²) in [7, 11) is 0. The fourth-order valence-corrected chi connectivity index (χ4v) is 2.19. The van der Waals surface area contributed by atoms with E-state index in [1.165, 1.54) is 10.8 Å². The Morgan fingerprint density at radius 1 is 1.67 bits per heavy atom. The highest BCUT2D eigenvalue weighted by molar-refractivity contribution is 5.76. The van der Waals surface area contributed by atoms with E-state index in [1.54, 1.807) is 12.4 Å². The normalized spacial score (nSPS) is 26.0. The Hall–Kier alpha value is -2.17. The van der Waals surface area contributed by atoms with Crippen molar-refractivity contribution in [2.75, 3.05) is 6.61 Å². The summed E-state index contributed by atoms with van der Waals surface area (Å²) in [5, 5.41) is 17.9. The molecule has 10 heteroatoms. The predicted octanol–water partition coefficient (Wildman–Crippen LogP) is -2.21. The molecule has 6 N–H and O–H groups in total. The third kappa shape index (κ3) is 3.12. The summed E-state index contributed by atoms with van der Waals surface area (Å²) in [6.45, 7) is 1.25. The lowest BCUT2D eigenvalue weighted by Crippen LogP contribution is -2.33. The van der Waals surface area contributed by atoms with Crippen LogP contribution in [0.4, 0.5) is 0 Å². The number of aromatic amines is 1. The molecule has 2 heterocycles. The molecule has 1 saturated heterocycles. The number of nitrogens with two attached hydrogens (primary N) is 1. The van der Waals surface area contributed by atoms with Gasteiger partial charge in [0.2, 0.25) is 5.96 Å². The van der Waals surface area contributed by atoms with Gasteiger partial charge in [0, 0.05) is 18.2 Å². The number of H-pyrrole nitrogens is 1. The first-order valence-electron chi connectivity index (χ1n) is 6.28. The minimum Gasteiger partial charge on any atom is -0.394 e. The molecule has 2 rings (SSSR count). The number of hydrogen-bond acceptors (Lipinski definition) is 6. The molecular weight excluding hydrogens is 282 g/mol. The summed E-state index contributed by atoms with van der Waals surface area (Å²) in [4.78, 5) is 29.3. The molecule has 116 valence electrons. The third-order valence-electron chi connectivity index (χ3n) is 3.26. The molecule has 10 nitrogen and oxygen atoms in total. The van der Waals surface area contributed by atoms with Crippen molar-refractivity contribution in [2.24, 2.45) is 10.7 Å². The van der Waals surface area contributed by atoms with Crippen LogP contribution in [-0.2, 0) is 4.74 Å². The molecule has 0 aromatic carbocycles. The predicted molar refractivity (Wildman–Crippen MR) is 72.0 cm³/mol. The minimum atomic E-state index is -0.689. The second-order valence-electron chi connectivity index (χ2n) is 4.72. The zero-order valence-electron chi connectivity index (χ0n) is 11.3. The summed E-state index contributed by atoms with van der Waals surface area (Å²) >= 11 is 0. The Bertz CT molecular complexity index is 651. The van der Waals surface area contributed by atoms with Gasteiger partial charge in [-0.15, -0.1) is 0 Å². The average molecular weight is 299 g/mol. The number of hydroxylamine groups is 1. The first-order valence-corrected chi connectivity index (χ1v) is 6.28. The lowest BCUT2D eigenvalue weighted by molar-refractivity contribution is -0.0271. The zero-order valence-corrected chi connectivity index (χ0v) is 11.3. The molecule has 21 heavy (non-hydrogen) atoms. The second kappa shape index (κ2) is 6.08. The quantitative estimate of drug-likeness (QED) is 0.241. The molecule has 0 spiro atoms. The summed E-state index contributed by atoms with van der Waals surface area (Å²) < 4.78 is 6.78. The molecule has 0 bridgehead atoms. The highest BCUT2D eigenvalue weighted by Gasteiger charge is 2.36. The van der Waals surface area contributed by atoms with Crippen molar-refractivity contribution in [3.8, 4) is 0 Å². The zero-order chi connectivity index (χ0) is 15.6. The molecule has 3 atom stereocenters. The lowest BCUT2D eigenvalue weighted by Gasteiger charge is -2.14. The Morgan fingerprint density at radius 2 is 2.38 bits per heavy atom. The van der Waals surface area contributed by atoms with Gasteiger partial charge in [0.1, 0.15) is 12.3 Å². The molecule has 0 unspecified atom stereocenters. The van der Waals surface area contributed by atoms with Crippen LogP contribution >= 0.6 is 0 Å². The minimum absolute atomic E-state index is 0.215. The fourth-order valence-electron chi connectivity index (χ4n) is 2.19. The van der Waals surface area contributed by atoms with Crippen LogP contribution in [0.5, 0.6) is 0 Å². The van der Waals surface area contributed by atoms with E-state index in [-0.39, 0.29) is 19.0 Å². The van der Waals surface area contributed by atoms with Crippen molar-refractivity contribution in [3.05, 3.63) is 32.6 Å². The topological polar surface area (TPSA) is 155 Å². The Labute approximate surface area is 118 Å². The van der Waals surface area contributed by atoms with E-state index in [1.807, 2.05) is 0 Å². The van der Waals surface area contributed by atoms with Crippen molar-refractivity contribution < 1.29 is 15.1 Å². The lowest BCUT2D eigenvalue weighted by atomic mass is 10.1. The summed E-state index contributed by atoms with van der Waals surface area (Å²) in [6, 6.07) is -0.529. The van der Waals surface area contributed by atoms with Gasteiger partial charge in [0.05, 0.1) is 12.6 Å². The van der Waals surface area contributed by atoms with Crippen molar-refractivity contribution >= 4 is 5.96 Å². The third-order valence-corrected chi connectivity index (χ3v) is 3.26. The van der Waals surface area contributed by atoms with Crippen LogP contribution in [0.2, 0.25) is 0 Å². The number of aliphatic imine (C=N–C) groups is 1. The monoisotopic (exact) mass is 299 g/mol. The molecule has 1 aliphatic rings. The van der Waals surface area contributed by atoms with Crippen LogP contribution in [0, 0.1) is 6.92 Å². The molecular formula is C11H17N5O5. The van der Waals surface area contributed by atoms with E-state index in [0.29, 0.717) is 5.56 Å². The Morgan fingerprint density at radius 3 is 3.00 bits per heavy atom. The molecule has 1 fully saturated rings. The van der Waals surface area contributed by atoms with Gasteiger partial charge in [-0.2, -0.15) is 0 Å². The average Bonchev–Trinajstić information content (AvgIpc) is 2.85. The molecule has 1 aliphatic heterocycles. The van der Waals surface area contributed by atoms with Crippen LogP contribution in [0.15, 0.2) is 20.8 Å². The summed E-state index contributed by atoms with van der Waals surface area (Å²) in [5.41, 5.74) is 6.35. The molecule has 0 aliphatic carbocycles. The van der Waals surface area contributed by atoms with Gasteiger partial charge >= 0.3 is 5.69 Å². The Balaban J connectivity index is 2.30. The van der Waals surface area contributed by atoms with E-state index in [0.717, 1.165) is 0 Å². The van der Waals surface area contributed by atoms with Crippen LogP contribution in [-0.4, -0.2) is 44.6 Å². The maximum atomic E-state index is 11.8. The number of ether oxygens (including phenoxy) is 1. The van der Waals surface area contributed by atoms with Crippen LogP contribution in [0.25, 0.3) is 0 Å². The highest BCUT2D eigenvalue weighted by Crippen LogP contribution is 2.29. The van der Waals surface area contributed by atoms with Crippen LogP contribution in [0.3, 0.4) is 0 Å². The SMILES string of the molecule is Cc1cn([C@H]2C[C@H](N=C(N)NO)[C@@H](CO)O2)c(=O)[nH]c1=O. The largest absolute Gasteiger partial charge is 0.394 e. The van der Waals surface area contributed by atoms with Gasteiger partial charge in [0.15, 0.2) is 0 Å². The van der Waals surface area contributed by atoms with Crippen molar-refractivity contribution in [1.29, 1.82) is 0 Å². The van der Waals surface area contributed by atoms with E-state index >= 15 is 0 Å². The van der Waals surface area contributed by atoms with E-state index in [9.17, 15) is 14.7 Å². The number of aliphatic hydroxyl groups excluding tert-OH is 1. The molecule has 0 saturated carbocycles. The number of nitrogens with zero attached hydrogens (tertiary/aromatic N) is 2. The van der Waals surface area contributed by atoms with Gasteiger partial charge < -0.3 is 15.6 Å². The first kappa shape index (κ1) is 15.2. The summed E-state index contributed by atoms with van der Waals surface area (Å²) in [6.07, 6.45) is 0.297. The molecule has 0 amide bonds. The van der Waals surface area contributed by atoms with Gasteiger partial charge in [-0.05, 0) is 6.92 Å². The van der Waals surface area contributed by atoms with Crippen molar-refractivity contribution in [3.63, 3.8) is 0 Å². The number of guanidine groups is 1. The fraction of sp³-hybridized carbons (Fsp3) is 0.545. The molecule has 0 radical (unpaired) electrons. The number of hydrogen-bond donors (Lipinski definition) is 5. The maximum Gasteiger partial charge on any atom is 0.330 e.